The van der Waals surface area contributed by atoms with Crippen molar-refractivity contribution in [3.05, 3.63) is 357 Å². The standard InChI is InChI=1S/C35H31N5O6.C32H23Cl3N4O3.C30H17Cl5N4O3.3CH4/c1-3-45-29-11-7-5-9-27(29)37-34(43)22-15-18-25-23(19-22)20-26(35(44)38-28-10-6-8-12-30(28)46-4-2)32(41)31(25)40-39-24-16-13-21(14-17-24)33(36)42;1-17-3-8-21(9-4-17)36-31(41)19-7-12-23-20(13-19)14-24(32(42)37-22-10-5-18(2)6-11-22)30(40)29(23)39-38-28-16-26(34)25(33)15-27(28)35;31-17-2-6-19(7-3-17)36-29(41)15-1-10-21-16(11-15)12-22(30(42)37-20-8-4-18(32)5-9-20)28(40)27(21)39-38-26-14-24(34)23(33)13-25(26)35;;;/h5-20,41H,3-4H2,1-2H3,(H2,36,42)(H,37,43)(H,38,44);3-16,40H,1-2H3,(H,36,41)(H,37,42);1-14,40H,(H,36,41)(H,37,42);3*1H4. The average molecular weight is 1940 g/mol. The summed E-state index contributed by atoms with van der Waals surface area (Å²) in [4.78, 5) is 91.1. The Morgan fingerprint density at radius 2 is 0.609 bits per heavy atom. The van der Waals surface area contributed by atoms with Gasteiger partial charge in [-0.3, -0.25) is 33.6 Å². The molecule has 0 radical (unpaired) electrons. The molecule has 0 aliphatic rings. The molecule has 0 aliphatic carbocycles. The fourth-order valence-corrected chi connectivity index (χ4v) is 14.2. The van der Waals surface area contributed by atoms with Crippen molar-refractivity contribution in [2.24, 2.45) is 36.4 Å². The number of carbonyl (C=O) groups is 7. The van der Waals surface area contributed by atoms with Gasteiger partial charge in [0.15, 0.2) is 17.2 Å². The molecule has 0 spiro atoms. The Balaban J connectivity index is 0.000000205. The lowest BCUT2D eigenvalue weighted by Gasteiger charge is -2.14. The number of hydrogen-bond acceptors (Lipinski definition) is 18. The Morgan fingerprint density at radius 3 is 0.955 bits per heavy atom. The molecule has 0 aliphatic heterocycles. The highest BCUT2D eigenvalue weighted by molar-refractivity contribution is 6.45. The molecule has 0 heterocycles. The zero-order valence-corrected chi connectivity index (χ0v) is 74.7. The maximum absolute atomic E-state index is 13.6. The molecule has 0 unspecified atom stereocenters. The molecule has 15 rings (SSSR count). The van der Waals surface area contributed by atoms with Crippen LogP contribution in [0.1, 0.15) is 120 Å². The lowest BCUT2D eigenvalue weighted by Crippen LogP contribution is -2.14. The zero-order chi connectivity index (χ0) is 92.6. The molecule has 0 saturated carbocycles. The molecule has 33 heteroatoms. The molecule has 676 valence electrons. The summed E-state index contributed by atoms with van der Waals surface area (Å²) in [5.74, 6) is -3.82. The highest BCUT2D eigenvalue weighted by Gasteiger charge is 2.26. The number of nitrogens with one attached hydrogen (secondary N) is 6. The fraction of sp³-hybridized carbons (Fsp3) is 0.0900. The smallest absolute Gasteiger partial charge is 0.259 e. The summed E-state index contributed by atoms with van der Waals surface area (Å²) in [7, 11) is 0. The maximum atomic E-state index is 13.6. The third-order valence-electron chi connectivity index (χ3n) is 19.4. The SMILES string of the molecule is C.C.C.CCOc1ccccc1NC(=O)c1ccc2c(N=Nc3ccc(C(N)=O)cc3)c(O)c(C(=O)Nc3ccccc3OCC)cc2c1.Cc1ccc(NC(=O)c2ccc3c(N=Nc4cc(Cl)c(Cl)cc4Cl)c(O)c(C(=O)Nc4ccc(C)cc4)cc3c2)cc1.O=C(Nc1ccc(Cl)cc1)c1ccc2c(N=Nc3cc(Cl)c(Cl)cc3Cl)c(O)c(C(=O)Nc3ccc(Cl)cc3)cc2c1. The molecule has 0 fully saturated rings. The van der Waals surface area contributed by atoms with Crippen LogP contribution in [-0.4, -0.2) is 69.9 Å². The highest BCUT2D eigenvalue weighted by atomic mass is 35.5. The number of anilines is 6. The van der Waals surface area contributed by atoms with Crippen LogP contribution in [0, 0.1) is 13.8 Å². The van der Waals surface area contributed by atoms with E-state index in [4.69, 9.17) is 108 Å². The number of phenolic OH excluding ortho intramolecular Hbond substituents is 3. The van der Waals surface area contributed by atoms with E-state index in [2.05, 4.69) is 62.6 Å². The van der Waals surface area contributed by atoms with Crippen molar-refractivity contribution in [3.8, 4) is 28.7 Å². The molecule has 0 aromatic heterocycles. The van der Waals surface area contributed by atoms with E-state index in [1.165, 1.54) is 54.6 Å². The van der Waals surface area contributed by atoms with Gasteiger partial charge in [-0.25, -0.2) is 0 Å². The number of nitrogens with zero attached hydrogens (tertiary/aromatic N) is 6. The van der Waals surface area contributed by atoms with E-state index in [1.807, 2.05) is 70.2 Å². The first kappa shape index (κ1) is 101. The largest absolute Gasteiger partial charge is 0.505 e. The summed E-state index contributed by atoms with van der Waals surface area (Å²) >= 11 is 48.7. The number of aromatic hydroxyl groups is 3. The Hall–Kier alpha value is -14.5. The van der Waals surface area contributed by atoms with Crippen LogP contribution in [-0.2, 0) is 0 Å². The molecule has 133 heavy (non-hydrogen) atoms. The van der Waals surface area contributed by atoms with E-state index in [0.717, 1.165) is 11.1 Å². The normalized spacial score (nSPS) is 10.8. The van der Waals surface area contributed by atoms with Gasteiger partial charge in [0.1, 0.15) is 39.9 Å². The number of ether oxygens (including phenoxy) is 2. The van der Waals surface area contributed by atoms with Crippen molar-refractivity contribution in [3.63, 3.8) is 0 Å². The number of fused-ring (bicyclic) bond motifs is 3. The molecule has 0 atom stereocenters. The van der Waals surface area contributed by atoms with Crippen LogP contribution in [0.25, 0.3) is 32.3 Å². The first-order chi connectivity index (χ1) is 62.4. The molecule has 0 bridgehead atoms. The lowest BCUT2D eigenvalue weighted by atomic mass is 10.00. The number of rotatable bonds is 23. The van der Waals surface area contributed by atoms with Crippen molar-refractivity contribution in [2.45, 2.75) is 50.0 Å². The van der Waals surface area contributed by atoms with E-state index < -0.39 is 52.7 Å². The Morgan fingerprint density at radius 1 is 0.316 bits per heavy atom. The number of carbonyl (C=O) groups excluding carboxylic acids is 7. The first-order valence-corrected chi connectivity index (χ1v) is 42.3. The maximum Gasteiger partial charge on any atom is 0.259 e. The third kappa shape index (κ3) is 25.2. The van der Waals surface area contributed by atoms with Crippen molar-refractivity contribution in [2.75, 3.05) is 45.1 Å². The van der Waals surface area contributed by atoms with E-state index in [0.29, 0.717) is 129 Å². The van der Waals surface area contributed by atoms with Crippen LogP contribution < -0.4 is 47.1 Å². The zero-order valence-electron chi connectivity index (χ0n) is 68.6. The number of halogens is 8. The Kier molecular flexibility index (Phi) is 34.7. The van der Waals surface area contributed by atoms with Crippen LogP contribution in [0.4, 0.5) is 68.2 Å². The lowest BCUT2D eigenvalue weighted by molar-refractivity contribution is 0.0994. The fourth-order valence-electron chi connectivity index (χ4n) is 12.8. The van der Waals surface area contributed by atoms with Crippen molar-refractivity contribution in [1.82, 2.24) is 0 Å². The molecule has 7 amide bonds. The van der Waals surface area contributed by atoms with E-state index in [9.17, 15) is 48.9 Å². The van der Waals surface area contributed by atoms with Gasteiger partial charge in [-0.2, -0.15) is 5.11 Å². The summed E-state index contributed by atoms with van der Waals surface area (Å²) in [6.45, 7) is 8.39. The highest BCUT2D eigenvalue weighted by Crippen LogP contribution is 2.46. The molecule has 0 saturated heterocycles. The van der Waals surface area contributed by atoms with Crippen molar-refractivity contribution < 1.29 is 58.4 Å². The number of para-hydroxylation sites is 4. The summed E-state index contributed by atoms with van der Waals surface area (Å²) in [5, 5.41) is 81.0. The van der Waals surface area contributed by atoms with Gasteiger partial charge in [0, 0.05) is 71.2 Å². The minimum Gasteiger partial charge on any atom is -0.505 e. The van der Waals surface area contributed by atoms with Gasteiger partial charge < -0.3 is 62.4 Å². The van der Waals surface area contributed by atoms with Gasteiger partial charge in [0.05, 0.1) is 77.1 Å². The van der Waals surface area contributed by atoms with Crippen molar-refractivity contribution >= 4 is 235 Å². The first-order valence-electron chi connectivity index (χ1n) is 39.3. The minimum absolute atomic E-state index is 0. The van der Waals surface area contributed by atoms with Crippen LogP contribution in [0.3, 0.4) is 0 Å². The average Bonchev–Trinajstić information content (AvgIpc) is 0.776. The summed E-state index contributed by atoms with van der Waals surface area (Å²) < 4.78 is 11.3. The Labute approximate surface area is 804 Å². The van der Waals surface area contributed by atoms with Crippen LogP contribution >= 0.6 is 92.8 Å². The number of primary amides is 1. The van der Waals surface area contributed by atoms with Gasteiger partial charge >= 0.3 is 0 Å². The van der Waals surface area contributed by atoms with Gasteiger partial charge in [0.25, 0.3) is 35.4 Å². The quantitative estimate of drug-likeness (QED) is 0.0211. The second-order valence-corrected chi connectivity index (χ2v) is 31.8. The number of hydrogen-bond donors (Lipinski definition) is 10. The van der Waals surface area contributed by atoms with E-state index >= 15 is 0 Å². The second kappa shape index (κ2) is 45.8. The predicted octanol–water partition coefficient (Wildman–Crippen LogP) is 30.0. The predicted molar refractivity (Wildman–Crippen MR) is 536 cm³/mol. The summed E-state index contributed by atoms with van der Waals surface area (Å²) in [6, 6.07) is 72.4. The minimum atomic E-state index is -0.630. The molecule has 15 aromatic carbocycles. The monoisotopic (exact) mass is 1940 g/mol. The van der Waals surface area contributed by atoms with Gasteiger partial charge in [-0.1, -0.05) is 193 Å². The Bertz CT molecular complexity index is 6760. The van der Waals surface area contributed by atoms with E-state index in [1.54, 1.807) is 170 Å². The molecular formula is C100H83Cl8N13O12. The second-order valence-electron chi connectivity index (χ2n) is 28.4. The molecule has 15 aromatic rings. The third-order valence-corrected chi connectivity index (χ3v) is 21.9. The molecular weight excluding hydrogens is 1860 g/mol. The number of benzene rings is 15. The number of aryl methyl sites for hydroxylation is 2. The van der Waals surface area contributed by atoms with E-state index in [-0.39, 0.29) is 103 Å². The number of nitrogens with two attached hydrogens (primary N) is 1. The van der Waals surface area contributed by atoms with Gasteiger partial charge in [0.2, 0.25) is 5.91 Å². The number of azo groups is 3. The van der Waals surface area contributed by atoms with Crippen molar-refractivity contribution in [1.29, 1.82) is 0 Å². The van der Waals surface area contributed by atoms with Crippen LogP contribution in [0.2, 0.25) is 40.2 Å². The van der Waals surface area contributed by atoms with Gasteiger partial charge in [-0.15, -0.1) is 25.6 Å². The molecule has 25 nitrogen and oxygen atoms in total. The number of phenols is 3. The van der Waals surface area contributed by atoms with Crippen LogP contribution in [0.15, 0.2) is 298 Å². The number of amides is 7. The van der Waals surface area contributed by atoms with Gasteiger partial charge in [-0.05, 0) is 244 Å². The van der Waals surface area contributed by atoms with Crippen LogP contribution in [0.5, 0.6) is 28.7 Å². The summed E-state index contributed by atoms with van der Waals surface area (Å²) in [5.41, 5.74) is 12.2. The molecule has 11 N–H and O–H groups in total. The summed E-state index contributed by atoms with van der Waals surface area (Å²) in [6.07, 6.45) is 0. The topological polar surface area (TPSA) is 371 Å².